The van der Waals surface area contributed by atoms with Crippen LogP contribution in [0.5, 0.6) is 11.5 Å². The van der Waals surface area contributed by atoms with Crippen molar-refractivity contribution in [1.29, 1.82) is 0 Å². The average molecular weight is 423 g/mol. The van der Waals surface area contributed by atoms with Crippen LogP contribution in [0.4, 0.5) is 0 Å². The van der Waals surface area contributed by atoms with E-state index in [9.17, 15) is 4.79 Å². The van der Waals surface area contributed by atoms with Gasteiger partial charge in [-0.05, 0) is 24.5 Å². The quantitative estimate of drug-likeness (QED) is 0.523. The molecule has 0 aliphatic carbocycles. The molecule has 28 heavy (non-hydrogen) atoms. The van der Waals surface area contributed by atoms with Crippen molar-refractivity contribution in [3.05, 3.63) is 40.7 Å². The molecule has 2 aromatic rings. The minimum Gasteiger partial charge on any atom is -0.497 e. The van der Waals surface area contributed by atoms with Crippen LogP contribution in [0.2, 0.25) is 5.02 Å². The molecular formula is C19H23ClN4O3S. The van der Waals surface area contributed by atoms with Crippen LogP contribution < -0.4 is 9.47 Å². The molecule has 0 N–H and O–H groups in total. The molecule has 7 nitrogen and oxygen atoms in total. The Morgan fingerprint density at radius 2 is 1.96 bits per heavy atom. The molecule has 1 aromatic carbocycles. The summed E-state index contributed by atoms with van der Waals surface area (Å²) >= 11 is 7.53. The van der Waals surface area contributed by atoms with E-state index >= 15 is 0 Å². The first kappa shape index (κ1) is 20.7. The number of amides is 1. The average Bonchev–Trinajstić information content (AvgIpc) is 2.74. The molecule has 2 heterocycles. The lowest BCUT2D eigenvalue weighted by Gasteiger charge is -2.35. The molecule has 1 fully saturated rings. The molecule has 0 atom stereocenters. The fourth-order valence-corrected chi connectivity index (χ4v) is 3.62. The standard InChI is InChI=1S/C19H23ClN4O3S/c1-26-14-4-5-16(27-2)13(10-14)12-23-6-8-24(9-7-23)18(25)17-15(20)11-21-19(22-17)28-3/h4-5,10-11H,6-9,12H2,1-3H3. The predicted molar refractivity (Wildman–Crippen MR) is 110 cm³/mol. The van der Waals surface area contributed by atoms with Gasteiger partial charge >= 0.3 is 0 Å². The molecule has 3 rings (SSSR count). The third kappa shape index (κ3) is 4.68. The van der Waals surface area contributed by atoms with Gasteiger partial charge in [0.2, 0.25) is 0 Å². The lowest BCUT2D eigenvalue weighted by molar-refractivity contribution is 0.0621. The number of thioether (sulfide) groups is 1. The highest BCUT2D eigenvalue weighted by molar-refractivity contribution is 7.98. The van der Waals surface area contributed by atoms with E-state index in [-0.39, 0.29) is 16.6 Å². The third-order valence-corrected chi connectivity index (χ3v) is 5.49. The number of halogens is 1. The van der Waals surface area contributed by atoms with Crippen molar-refractivity contribution in [2.24, 2.45) is 0 Å². The Kier molecular flexibility index (Phi) is 6.98. The molecule has 0 radical (unpaired) electrons. The summed E-state index contributed by atoms with van der Waals surface area (Å²) in [4.78, 5) is 25.3. The lowest BCUT2D eigenvalue weighted by Crippen LogP contribution is -2.48. The summed E-state index contributed by atoms with van der Waals surface area (Å²) in [6.07, 6.45) is 3.35. The minimum atomic E-state index is -0.152. The zero-order chi connectivity index (χ0) is 20.1. The van der Waals surface area contributed by atoms with E-state index in [4.69, 9.17) is 21.1 Å². The second-order valence-corrected chi connectivity index (χ2v) is 7.48. The van der Waals surface area contributed by atoms with Gasteiger partial charge < -0.3 is 14.4 Å². The largest absolute Gasteiger partial charge is 0.497 e. The molecule has 150 valence electrons. The number of benzene rings is 1. The monoisotopic (exact) mass is 422 g/mol. The summed E-state index contributed by atoms with van der Waals surface area (Å²) in [5, 5.41) is 0.822. The molecule has 1 amide bonds. The highest BCUT2D eigenvalue weighted by atomic mass is 35.5. The van der Waals surface area contributed by atoms with Crippen molar-refractivity contribution in [2.75, 3.05) is 46.7 Å². The van der Waals surface area contributed by atoms with E-state index in [1.807, 2.05) is 24.5 Å². The van der Waals surface area contributed by atoms with Crippen molar-refractivity contribution in [3.8, 4) is 11.5 Å². The van der Waals surface area contributed by atoms with Gasteiger partial charge in [-0.3, -0.25) is 9.69 Å². The Morgan fingerprint density at radius 1 is 1.21 bits per heavy atom. The topological polar surface area (TPSA) is 67.8 Å². The second kappa shape index (κ2) is 9.45. The molecule has 0 saturated carbocycles. The number of rotatable bonds is 6. The number of carbonyl (C=O) groups excluding carboxylic acids is 1. The number of methoxy groups -OCH3 is 2. The summed E-state index contributed by atoms with van der Waals surface area (Å²) in [5.41, 5.74) is 1.33. The summed E-state index contributed by atoms with van der Waals surface area (Å²) < 4.78 is 10.8. The molecule has 0 unspecified atom stereocenters. The first-order valence-corrected chi connectivity index (χ1v) is 10.4. The highest BCUT2D eigenvalue weighted by Gasteiger charge is 2.25. The van der Waals surface area contributed by atoms with E-state index in [0.717, 1.165) is 36.7 Å². The molecular weight excluding hydrogens is 400 g/mol. The Balaban J connectivity index is 1.64. The van der Waals surface area contributed by atoms with Gasteiger partial charge in [0.1, 0.15) is 11.5 Å². The lowest BCUT2D eigenvalue weighted by atomic mass is 10.1. The fraction of sp³-hybridized carbons (Fsp3) is 0.421. The maximum absolute atomic E-state index is 12.8. The van der Waals surface area contributed by atoms with Crippen molar-refractivity contribution < 1.29 is 14.3 Å². The van der Waals surface area contributed by atoms with Gasteiger partial charge in [0.05, 0.1) is 25.4 Å². The molecule has 0 spiro atoms. The molecule has 9 heteroatoms. The van der Waals surface area contributed by atoms with Crippen LogP contribution in [0.15, 0.2) is 29.6 Å². The number of ether oxygens (including phenoxy) is 2. The van der Waals surface area contributed by atoms with Crippen molar-refractivity contribution >= 4 is 29.3 Å². The Bertz CT molecular complexity index is 844. The second-order valence-electron chi connectivity index (χ2n) is 6.30. The molecule has 1 aliphatic rings. The number of carbonyl (C=O) groups is 1. The summed E-state index contributed by atoms with van der Waals surface area (Å²) in [7, 11) is 3.31. The number of nitrogens with zero attached hydrogens (tertiary/aromatic N) is 4. The summed E-state index contributed by atoms with van der Waals surface area (Å²) in [5.74, 6) is 1.48. The molecule has 1 aliphatic heterocycles. The third-order valence-electron chi connectivity index (χ3n) is 4.65. The molecule has 0 bridgehead atoms. The van der Waals surface area contributed by atoms with Crippen LogP contribution >= 0.6 is 23.4 Å². The van der Waals surface area contributed by atoms with Crippen LogP contribution in [0, 0.1) is 0 Å². The van der Waals surface area contributed by atoms with E-state index in [0.29, 0.717) is 18.2 Å². The van der Waals surface area contributed by atoms with E-state index in [1.54, 1.807) is 19.1 Å². The Morgan fingerprint density at radius 3 is 2.61 bits per heavy atom. The zero-order valence-corrected chi connectivity index (χ0v) is 17.7. The van der Waals surface area contributed by atoms with E-state index in [2.05, 4.69) is 14.9 Å². The van der Waals surface area contributed by atoms with Gasteiger partial charge in [-0.25, -0.2) is 9.97 Å². The van der Waals surface area contributed by atoms with Crippen LogP contribution in [-0.2, 0) is 6.54 Å². The fourth-order valence-electron chi connectivity index (χ4n) is 3.10. The summed E-state index contributed by atoms with van der Waals surface area (Å²) in [6.45, 7) is 3.46. The number of aromatic nitrogens is 2. The maximum Gasteiger partial charge on any atom is 0.274 e. The van der Waals surface area contributed by atoms with Crippen molar-refractivity contribution in [3.63, 3.8) is 0 Å². The van der Waals surface area contributed by atoms with Gasteiger partial charge in [-0.2, -0.15) is 0 Å². The van der Waals surface area contributed by atoms with Gasteiger partial charge in [-0.1, -0.05) is 23.4 Å². The SMILES string of the molecule is COc1ccc(OC)c(CN2CCN(C(=O)c3nc(SC)ncc3Cl)CC2)c1. The summed E-state index contributed by atoms with van der Waals surface area (Å²) in [6, 6.07) is 5.78. The van der Waals surface area contributed by atoms with Crippen LogP contribution in [0.3, 0.4) is 0 Å². The van der Waals surface area contributed by atoms with Crippen LogP contribution in [-0.4, -0.2) is 72.3 Å². The van der Waals surface area contributed by atoms with E-state index < -0.39 is 0 Å². The first-order valence-electron chi connectivity index (χ1n) is 8.84. The number of piperazine rings is 1. The number of hydrogen-bond donors (Lipinski definition) is 0. The van der Waals surface area contributed by atoms with Crippen molar-refractivity contribution in [2.45, 2.75) is 11.7 Å². The van der Waals surface area contributed by atoms with Gasteiger partial charge in [0.25, 0.3) is 5.91 Å². The predicted octanol–water partition coefficient (Wildman–Crippen LogP) is 2.83. The molecule has 1 saturated heterocycles. The normalized spacial score (nSPS) is 14.8. The minimum absolute atomic E-state index is 0.152. The van der Waals surface area contributed by atoms with Gasteiger partial charge in [0.15, 0.2) is 10.9 Å². The van der Waals surface area contributed by atoms with Crippen molar-refractivity contribution in [1.82, 2.24) is 19.8 Å². The Hall–Kier alpha value is -2.03. The van der Waals surface area contributed by atoms with E-state index in [1.165, 1.54) is 18.0 Å². The number of hydrogen-bond acceptors (Lipinski definition) is 7. The van der Waals surface area contributed by atoms with Gasteiger partial charge in [0, 0.05) is 38.3 Å². The smallest absolute Gasteiger partial charge is 0.274 e. The van der Waals surface area contributed by atoms with Crippen LogP contribution in [0.1, 0.15) is 16.1 Å². The maximum atomic E-state index is 12.8. The first-order chi connectivity index (χ1) is 13.5. The zero-order valence-electron chi connectivity index (χ0n) is 16.1. The molecule has 1 aromatic heterocycles. The van der Waals surface area contributed by atoms with Crippen LogP contribution in [0.25, 0.3) is 0 Å². The highest BCUT2D eigenvalue weighted by Crippen LogP contribution is 2.26. The van der Waals surface area contributed by atoms with Gasteiger partial charge in [-0.15, -0.1) is 0 Å². The Labute approximate surface area is 174 Å².